The van der Waals surface area contributed by atoms with Crippen molar-refractivity contribution in [3.05, 3.63) is 71.5 Å². The molecule has 0 aliphatic rings. The van der Waals surface area contributed by atoms with Gasteiger partial charge in [0.25, 0.3) is 0 Å². The van der Waals surface area contributed by atoms with E-state index in [2.05, 4.69) is 19.6 Å². The fourth-order valence-corrected chi connectivity index (χ4v) is 4.70. The van der Waals surface area contributed by atoms with Crippen molar-refractivity contribution in [1.29, 1.82) is 0 Å². The lowest BCUT2D eigenvalue weighted by molar-refractivity contribution is 0.260. The lowest BCUT2D eigenvalue weighted by atomic mass is 9.90. The molecule has 8 nitrogen and oxygen atoms in total. The Morgan fingerprint density at radius 3 is 2.06 bits per heavy atom. The molecule has 1 heterocycles. The summed E-state index contributed by atoms with van der Waals surface area (Å²) in [5.74, 6) is 0.803. The SMILES string of the molecule is CC(C)c1cc(-c2ncccn2)cc(C(C)C)c1NC(=O)N=S(N)(=O)c1ccc(CN(C)C)cc1. The Hall–Kier alpha value is -3.14. The van der Waals surface area contributed by atoms with Gasteiger partial charge in [0, 0.05) is 30.2 Å². The Kier molecular flexibility index (Phi) is 8.37. The van der Waals surface area contributed by atoms with E-state index in [9.17, 15) is 9.00 Å². The molecule has 0 saturated heterocycles. The summed E-state index contributed by atoms with van der Waals surface area (Å²) in [6.45, 7) is 8.92. The highest BCUT2D eigenvalue weighted by atomic mass is 32.2. The number of carbonyl (C=O) groups excluding carboxylic acids is 1. The van der Waals surface area contributed by atoms with Crippen LogP contribution in [0.15, 0.2) is 64.1 Å². The summed E-state index contributed by atoms with van der Waals surface area (Å²) in [7, 11) is 0.523. The molecule has 0 saturated carbocycles. The van der Waals surface area contributed by atoms with E-state index in [1.54, 1.807) is 30.6 Å². The first-order valence-corrected chi connectivity index (χ1v) is 13.1. The number of benzene rings is 2. The normalized spacial score (nSPS) is 13.2. The lowest BCUT2D eigenvalue weighted by Crippen LogP contribution is -2.19. The minimum absolute atomic E-state index is 0.0953. The van der Waals surface area contributed by atoms with Crippen LogP contribution in [0, 0.1) is 0 Å². The van der Waals surface area contributed by atoms with Gasteiger partial charge >= 0.3 is 6.03 Å². The molecule has 2 amide bonds. The van der Waals surface area contributed by atoms with Gasteiger partial charge in [-0.15, -0.1) is 4.36 Å². The smallest absolute Gasteiger partial charge is 0.305 e. The van der Waals surface area contributed by atoms with Gasteiger partial charge in [-0.25, -0.2) is 24.1 Å². The highest BCUT2D eigenvalue weighted by Crippen LogP contribution is 2.36. The fraction of sp³-hybridized carbons (Fsp3) is 0.346. The first-order valence-electron chi connectivity index (χ1n) is 11.5. The largest absolute Gasteiger partial charge is 0.354 e. The van der Waals surface area contributed by atoms with Crippen molar-refractivity contribution < 1.29 is 9.00 Å². The summed E-state index contributed by atoms with van der Waals surface area (Å²) in [5, 5.41) is 8.88. The van der Waals surface area contributed by atoms with Gasteiger partial charge < -0.3 is 10.2 Å². The molecule has 3 N–H and O–H groups in total. The molecule has 0 aliphatic carbocycles. The number of aromatic nitrogens is 2. The molecule has 0 radical (unpaired) electrons. The van der Waals surface area contributed by atoms with Crippen LogP contribution in [-0.2, 0) is 16.5 Å². The average Bonchev–Trinajstić information content (AvgIpc) is 2.79. The molecule has 2 aromatic carbocycles. The Labute approximate surface area is 208 Å². The molecule has 9 heteroatoms. The van der Waals surface area contributed by atoms with Crippen molar-refractivity contribution in [1.82, 2.24) is 14.9 Å². The maximum Gasteiger partial charge on any atom is 0.354 e. The molecule has 3 aromatic rings. The van der Waals surface area contributed by atoms with E-state index in [1.807, 2.05) is 71.0 Å². The summed E-state index contributed by atoms with van der Waals surface area (Å²) in [6, 6.07) is 12.0. The number of nitrogens with zero attached hydrogens (tertiary/aromatic N) is 4. The molecule has 0 aliphatic heterocycles. The molecular weight excluding hydrogens is 460 g/mol. The van der Waals surface area contributed by atoms with Gasteiger partial charge in [-0.2, -0.15) is 0 Å². The second kappa shape index (κ2) is 11.1. The number of urea groups is 1. The number of carbonyl (C=O) groups is 1. The maximum atomic E-state index is 13.1. The summed E-state index contributed by atoms with van der Waals surface area (Å²) in [6.07, 6.45) is 3.40. The lowest BCUT2D eigenvalue weighted by Gasteiger charge is -2.21. The molecule has 0 spiro atoms. The van der Waals surface area contributed by atoms with E-state index in [0.29, 0.717) is 16.4 Å². The topological polar surface area (TPSA) is 114 Å². The number of hydrogen-bond donors (Lipinski definition) is 2. The predicted molar refractivity (Wildman–Crippen MR) is 142 cm³/mol. The monoisotopic (exact) mass is 494 g/mol. The number of nitrogens with two attached hydrogens (primary N) is 1. The van der Waals surface area contributed by atoms with Gasteiger partial charge in [0.05, 0.1) is 4.90 Å². The molecule has 1 atom stereocenters. The minimum atomic E-state index is -3.41. The first kappa shape index (κ1) is 26.5. The zero-order chi connectivity index (χ0) is 25.8. The molecule has 1 unspecified atom stereocenters. The van der Waals surface area contributed by atoms with Gasteiger partial charge in [0.2, 0.25) is 0 Å². The van der Waals surface area contributed by atoms with Crippen LogP contribution in [0.4, 0.5) is 10.5 Å². The van der Waals surface area contributed by atoms with Crippen LogP contribution in [0.3, 0.4) is 0 Å². The van der Waals surface area contributed by atoms with Crippen molar-refractivity contribution >= 4 is 21.6 Å². The number of nitrogens with one attached hydrogen (secondary N) is 1. The van der Waals surface area contributed by atoms with Crippen LogP contribution in [0.1, 0.15) is 56.2 Å². The number of rotatable bonds is 7. The Balaban J connectivity index is 1.98. The van der Waals surface area contributed by atoms with Crippen LogP contribution in [0.5, 0.6) is 0 Å². The highest BCUT2D eigenvalue weighted by molar-refractivity contribution is 7.91. The van der Waals surface area contributed by atoms with Crippen molar-refractivity contribution in [2.24, 2.45) is 9.50 Å². The fourth-order valence-electron chi connectivity index (χ4n) is 3.78. The minimum Gasteiger partial charge on any atom is -0.305 e. The van der Waals surface area contributed by atoms with Gasteiger partial charge in [-0.3, -0.25) is 0 Å². The van der Waals surface area contributed by atoms with Crippen molar-refractivity contribution in [2.75, 3.05) is 19.4 Å². The first-order chi connectivity index (χ1) is 16.5. The van der Waals surface area contributed by atoms with Gasteiger partial charge in [0.1, 0.15) is 9.92 Å². The molecular formula is C26H34N6O2S. The zero-order valence-corrected chi connectivity index (χ0v) is 22.0. The van der Waals surface area contributed by atoms with Crippen molar-refractivity contribution in [3.8, 4) is 11.4 Å². The van der Waals surface area contributed by atoms with Crippen LogP contribution in [0.25, 0.3) is 11.4 Å². The van der Waals surface area contributed by atoms with Crippen LogP contribution < -0.4 is 10.5 Å². The molecule has 3 rings (SSSR count). The summed E-state index contributed by atoms with van der Waals surface area (Å²) in [5.41, 5.74) is 4.40. The van der Waals surface area contributed by atoms with Crippen LogP contribution >= 0.6 is 0 Å². The average molecular weight is 495 g/mol. The quantitative estimate of drug-likeness (QED) is 0.457. The molecule has 186 valence electrons. The predicted octanol–water partition coefficient (Wildman–Crippen LogP) is 5.38. The summed E-state index contributed by atoms with van der Waals surface area (Å²) in [4.78, 5) is 24.0. The number of anilines is 1. The number of hydrogen-bond acceptors (Lipinski definition) is 5. The van der Waals surface area contributed by atoms with Gasteiger partial charge in [-0.05, 0) is 73.0 Å². The van der Waals surface area contributed by atoms with E-state index in [0.717, 1.165) is 28.8 Å². The van der Waals surface area contributed by atoms with E-state index < -0.39 is 15.9 Å². The van der Waals surface area contributed by atoms with Gasteiger partial charge in [-0.1, -0.05) is 39.8 Å². The third-order valence-corrected chi connectivity index (χ3v) is 6.86. The van der Waals surface area contributed by atoms with E-state index >= 15 is 0 Å². The molecule has 35 heavy (non-hydrogen) atoms. The number of amides is 2. The highest BCUT2D eigenvalue weighted by Gasteiger charge is 2.20. The van der Waals surface area contributed by atoms with E-state index in [4.69, 9.17) is 5.14 Å². The second-order valence-corrected chi connectivity index (χ2v) is 11.2. The maximum absolute atomic E-state index is 13.1. The summed E-state index contributed by atoms with van der Waals surface area (Å²) >= 11 is 0. The third-order valence-electron chi connectivity index (χ3n) is 5.48. The Bertz CT molecular complexity index is 1270. The molecule has 0 bridgehead atoms. The van der Waals surface area contributed by atoms with Gasteiger partial charge in [0.15, 0.2) is 5.82 Å². The Morgan fingerprint density at radius 1 is 1.03 bits per heavy atom. The Morgan fingerprint density at radius 2 is 1.57 bits per heavy atom. The third kappa shape index (κ3) is 6.72. The standard InChI is InChI=1S/C26H34N6O2S/c1-17(2)22-14-20(25-28-12-7-13-29-25)15-23(18(3)4)24(22)30-26(33)31-35(27,34)21-10-8-19(9-11-21)16-32(5)6/h7-15,17-18H,16H2,1-6H3,(H3,27,30,31,33,34). The molecule has 0 fully saturated rings. The van der Waals surface area contributed by atoms with Crippen molar-refractivity contribution in [3.63, 3.8) is 0 Å². The van der Waals surface area contributed by atoms with Crippen molar-refractivity contribution in [2.45, 2.75) is 51.0 Å². The van der Waals surface area contributed by atoms with Crippen LogP contribution in [0.2, 0.25) is 0 Å². The van der Waals surface area contributed by atoms with E-state index in [1.165, 1.54) is 0 Å². The summed E-state index contributed by atoms with van der Waals surface area (Å²) < 4.78 is 17.0. The zero-order valence-electron chi connectivity index (χ0n) is 21.1. The second-order valence-electron chi connectivity index (χ2n) is 9.38. The van der Waals surface area contributed by atoms with E-state index in [-0.39, 0.29) is 11.8 Å². The molecule has 1 aromatic heterocycles. The van der Waals surface area contributed by atoms with Crippen LogP contribution in [-0.4, -0.2) is 39.2 Å².